The number of hydrogen-bond donors (Lipinski definition) is 1. The Morgan fingerprint density at radius 2 is 1.85 bits per heavy atom. The minimum Gasteiger partial charge on any atom is -0.497 e. The van der Waals surface area contributed by atoms with Crippen LogP contribution in [-0.4, -0.2) is 20.0 Å². The summed E-state index contributed by atoms with van der Waals surface area (Å²) in [5.41, 5.74) is 4.76. The molecule has 2 aliphatic rings. The predicted molar refractivity (Wildman–Crippen MR) is 102 cm³/mol. The van der Waals surface area contributed by atoms with Crippen LogP contribution in [0.15, 0.2) is 47.7 Å². The molecule has 4 nitrogen and oxygen atoms in total. The fraction of sp³-hybridized carbons (Fsp3) is 0.286. The number of anilines is 1. The number of fused-ring (bicyclic) bond motifs is 1. The summed E-state index contributed by atoms with van der Waals surface area (Å²) in [4.78, 5) is 12.8. The quantitative estimate of drug-likeness (QED) is 0.834. The van der Waals surface area contributed by atoms with Crippen molar-refractivity contribution in [3.8, 4) is 11.5 Å². The average Bonchev–Trinajstić information content (AvgIpc) is 2.66. The molecular weight excluding hydrogens is 350 g/mol. The van der Waals surface area contributed by atoms with Crippen LogP contribution in [-0.2, 0) is 4.79 Å². The number of rotatable bonds is 3. The van der Waals surface area contributed by atoms with Crippen molar-refractivity contribution in [3.63, 3.8) is 0 Å². The maximum Gasteiger partial charge on any atom is 0.161 e. The van der Waals surface area contributed by atoms with Crippen LogP contribution in [0.3, 0.4) is 0 Å². The lowest BCUT2D eigenvalue weighted by atomic mass is 9.75. The van der Waals surface area contributed by atoms with Gasteiger partial charge in [-0.05, 0) is 30.5 Å². The molecule has 134 valence electrons. The predicted octanol–water partition coefficient (Wildman–Crippen LogP) is 4.92. The summed E-state index contributed by atoms with van der Waals surface area (Å²) >= 11 is 6.08. The number of benzene rings is 2. The Labute approximate surface area is 157 Å². The van der Waals surface area contributed by atoms with Gasteiger partial charge >= 0.3 is 0 Å². The lowest BCUT2D eigenvalue weighted by molar-refractivity contribution is -0.116. The fourth-order valence-corrected chi connectivity index (χ4v) is 4.04. The van der Waals surface area contributed by atoms with E-state index >= 15 is 0 Å². The first kappa shape index (κ1) is 17.0. The largest absolute Gasteiger partial charge is 0.497 e. The summed E-state index contributed by atoms with van der Waals surface area (Å²) in [6, 6.07) is 11.5. The molecule has 1 heterocycles. The number of methoxy groups -OCH3 is 2. The van der Waals surface area contributed by atoms with Gasteiger partial charge in [-0.25, -0.2) is 0 Å². The number of carbonyl (C=O) groups is 1. The van der Waals surface area contributed by atoms with Gasteiger partial charge < -0.3 is 14.8 Å². The average molecular weight is 370 g/mol. The van der Waals surface area contributed by atoms with E-state index in [-0.39, 0.29) is 11.7 Å². The summed E-state index contributed by atoms with van der Waals surface area (Å²) in [5, 5.41) is 4.14. The number of hydrogen-bond acceptors (Lipinski definition) is 4. The number of ketones is 1. The molecule has 2 aromatic carbocycles. The zero-order chi connectivity index (χ0) is 18.3. The van der Waals surface area contributed by atoms with Crippen LogP contribution in [0.25, 0.3) is 0 Å². The van der Waals surface area contributed by atoms with E-state index in [0.717, 1.165) is 40.9 Å². The SMILES string of the molecule is COc1cc2c(c(OC)c1)[C@H](c1ccc(Cl)cc1)C1=C(CCCC1=O)N2. The van der Waals surface area contributed by atoms with Crippen molar-refractivity contribution < 1.29 is 14.3 Å². The van der Waals surface area contributed by atoms with E-state index in [1.165, 1.54) is 0 Å². The van der Waals surface area contributed by atoms with Crippen molar-refractivity contribution in [3.05, 3.63) is 63.8 Å². The molecule has 0 saturated carbocycles. The molecule has 0 fully saturated rings. The number of carbonyl (C=O) groups excluding carboxylic acids is 1. The molecule has 0 amide bonds. The van der Waals surface area contributed by atoms with Gasteiger partial charge in [0, 0.05) is 52.0 Å². The van der Waals surface area contributed by atoms with E-state index in [1.54, 1.807) is 14.2 Å². The van der Waals surface area contributed by atoms with E-state index in [4.69, 9.17) is 21.1 Å². The molecule has 1 aliphatic heterocycles. The van der Waals surface area contributed by atoms with Crippen molar-refractivity contribution in [2.24, 2.45) is 0 Å². The van der Waals surface area contributed by atoms with Crippen molar-refractivity contribution in [2.75, 3.05) is 19.5 Å². The third-order valence-corrected chi connectivity index (χ3v) is 5.35. The van der Waals surface area contributed by atoms with Gasteiger partial charge in [0.05, 0.1) is 14.2 Å². The van der Waals surface area contributed by atoms with Crippen LogP contribution >= 0.6 is 11.6 Å². The standard InChI is InChI=1S/C21H20ClNO3/c1-25-14-10-16-21(18(11-14)26-2)19(12-6-8-13(22)9-7-12)20-15(23-16)4-3-5-17(20)24/h6-11,19,23H,3-5H2,1-2H3/t19-/m1/s1. The second kappa shape index (κ2) is 6.69. The van der Waals surface area contributed by atoms with E-state index in [1.807, 2.05) is 36.4 Å². The Balaban J connectivity index is 1.97. The molecule has 0 spiro atoms. The molecule has 5 heteroatoms. The van der Waals surface area contributed by atoms with E-state index in [2.05, 4.69) is 5.32 Å². The van der Waals surface area contributed by atoms with Gasteiger partial charge in [0.25, 0.3) is 0 Å². The zero-order valence-electron chi connectivity index (χ0n) is 14.8. The molecule has 1 atom stereocenters. The van der Waals surface area contributed by atoms with Crippen LogP contribution in [0.4, 0.5) is 5.69 Å². The topological polar surface area (TPSA) is 47.6 Å². The van der Waals surface area contributed by atoms with E-state index in [9.17, 15) is 4.79 Å². The monoisotopic (exact) mass is 369 g/mol. The molecule has 0 radical (unpaired) electrons. The number of Topliss-reactive ketones (excluding diaryl/α,β-unsaturated/α-hetero) is 1. The summed E-state index contributed by atoms with van der Waals surface area (Å²) in [7, 11) is 3.27. The summed E-state index contributed by atoms with van der Waals surface area (Å²) in [6.45, 7) is 0. The minimum absolute atomic E-state index is 0.174. The fourth-order valence-electron chi connectivity index (χ4n) is 3.91. The van der Waals surface area contributed by atoms with Gasteiger partial charge in [-0.1, -0.05) is 23.7 Å². The summed E-state index contributed by atoms with van der Waals surface area (Å²) < 4.78 is 11.1. The van der Waals surface area contributed by atoms with E-state index in [0.29, 0.717) is 22.9 Å². The highest BCUT2D eigenvalue weighted by Crippen LogP contribution is 2.50. The first-order valence-electron chi connectivity index (χ1n) is 8.67. The first-order chi connectivity index (χ1) is 12.6. The van der Waals surface area contributed by atoms with Gasteiger partial charge in [0.1, 0.15) is 11.5 Å². The molecule has 26 heavy (non-hydrogen) atoms. The van der Waals surface area contributed by atoms with E-state index < -0.39 is 0 Å². The van der Waals surface area contributed by atoms with Gasteiger partial charge in [-0.15, -0.1) is 0 Å². The lowest BCUT2D eigenvalue weighted by Crippen LogP contribution is -2.27. The Hall–Kier alpha value is -2.46. The number of nitrogens with one attached hydrogen (secondary N) is 1. The van der Waals surface area contributed by atoms with Crippen LogP contribution in [0, 0.1) is 0 Å². The number of ether oxygens (including phenoxy) is 2. The second-order valence-corrected chi connectivity index (χ2v) is 7.01. The Kier molecular flexibility index (Phi) is 4.37. The van der Waals surface area contributed by atoms with Crippen LogP contribution in [0.5, 0.6) is 11.5 Å². The Morgan fingerprint density at radius 1 is 1.08 bits per heavy atom. The van der Waals surface area contributed by atoms with Crippen molar-refractivity contribution in [1.29, 1.82) is 0 Å². The molecule has 0 aromatic heterocycles. The van der Waals surface area contributed by atoms with Crippen molar-refractivity contribution >= 4 is 23.1 Å². The third-order valence-electron chi connectivity index (χ3n) is 5.09. The molecule has 1 N–H and O–H groups in total. The highest BCUT2D eigenvalue weighted by molar-refractivity contribution is 6.30. The molecule has 1 aliphatic carbocycles. The van der Waals surface area contributed by atoms with Crippen LogP contribution < -0.4 is 14.8 Å². The number of halogens is 1. The van der Waals surface area contributed by atoms with Crippen molar-refractivity contribution in [1.82, 2.24) is 0 Å². The van der Waals surface area contributed by atoms with Gasteiger partial charge in [-0.3, -0.25) is 4.79 Å². The lowest BCUT2D eigenvalue weighted by Gasteiger charge is -2.35. The Bertz CT molecular complexity index is 902. The molecule has 0 bridgehead atoms. The highest BCUT2D eigenvalue weighted by atomic mass is 35.5. The first-order valence-corrected chi connectivity index (χ1v) is 9.05. The zero-order valence-corrected chi connectivity index (χ0v) is 15.5. The van der Waals surface area contributed by atoms with Gasteiger partial charge in [-0.2, -0.15) is 0 Å². The van der Waals surface area contributed by atoms with Gasteiger partial charge in [0.2, 0.25) is 0 Å². The normalized spacial score (nSPS) is 18.7. The summed E-state index contributed by atoms with van der Waals surface area (Å²) in [6.07, 6.45) is 2.32. The second-order valence-electron chi connectivity index (χ2n) is 6.57. The van der Waals surface area contributed by atoms with Crippen molar-refractivity contribution in [2.45, 2.75) is 25.2 Å². The smallest absolute Gasteiger partial charge is 0.161 e. The van der Waals surface area contributed by atoms with Crippen LogP contribution in [0.1, 0.15) is 36.3 Å². The maximum absolute atomic E-state index is 12.8. The van der Waals surface area contributed by atoms with Gasteiger partial charge in [0.15, 0.2) is 5.78 Å². The molecular formula is C21H20ClNO3. The minimum atomic E-state index is -0.174. The highest BCUT2D eigenvalue weighted by Gasteiger charge is 2.37. The maximum atomic E-state index is 12.8. The third kappa shape index (κ3) is 2.74. The number of allylic oxidation sites excluding steroid dienone is 2. The molecule has 4 rings (SSSR count). The van der Waals surface area contributed by atoms with Crippen LogP contribution in [0.2, 0.25) is 5.02 Å². The summed E-state index contributed by atoms with van der Waals surface area (Å²) in [5.74, 6) is 1.44. The molecule has 0 saturated heterocycles. The molecule has 0 unspecified atom stereocenters. The molecule has 2 aromatic rings. The Morgan fingerprint density at radius 3 is 2.54 bits per heavy atom.